The van der Waals surface area contributed by atoms with Gasteiger partial charge in [0.1, 0.15) is 0 Å². The summed E-state index contributed by atoms with van der Waals surface area (Å²) in [7, 11) is 0. The lowest BCUT2D eigenvalue weighted by molar-refractivity contribution is 0.101. The average molecular weight is 374 g/mol. The highest BCUT2D eigenvalue weighted by atomic mass is 16.5. The van der Waals surface area contributed by atoms with E-state index in [0.717, 1.165) is 22.5 Å². The van der Waals surface area contributed by atoms with E-state index in [-0.39, 0.29) is 5.69 Å². The minimum Gasteiger partial charge on any atom is -0.355 e. The topological polar surface area (TPSA) is 98.7 Å². The van der Waals surface area contributed by atoms with Gasteiger partial charge in [-0.1, -0.05) is 35.5 Å². The third kappa shape index (κ3) is 3.27. The Balaban J connectivity index is 1.49. The van der Waals surface area contributed by atoms with Crippen LogP contribution in [0.5, 0.6) is 0 Å². The predicted octanol–water partition coefficient (Wildman–Crippen LogP) is 3.49. The minimum absolute atomic E-state index is 0.178. The first kappa shape index (κ1) is 17.6. The SMILES string of the molecule is Cc1nn(-c2ncc(NC(=O)c3cc(-c4ccccc4)on3)cn2)c(C)c1C. The first-order valence-electron chi connectivity index (χ1n) is 8.71. The summed E-state index contributed by atoms with van der Waals surface area (Å²) in [5, 5.41) is 11.0. The van der Waals surface area contributed by atoms with Crippen LogP contribution in [0.2, 0.25) is 0 Å². The molecule has 0 aliphatic heterocycles. The number of anilines is 1. The van der Waals surface area contributed by atoms with Crippen LogP contribution in [-0.2, 0) is 0 Å². The molecule has 4 aromatic rings. The van der Waals surface area contributed by atoms with E-state index in [9.17, 15) is 4.79 Å². The van der Waals surface area contributed by atoms with Crippen LogP contribution in [0, 0.1) is 20.8 Å². The molecule has 3 heterocycles. The molecule has 0 radical (unpaired) electrons. The van der Waals surface area contributed by atoms with Crippen molar-refractivity contribution in [3.8, 4) is 17.3 Å². The maximum Gasteiger partial charge on any atom is 0.277 e. The first-order chi connectivity index (χ1) is 13.5. The molecule has 0 aliphatic rings. The number of amides is 1. The summed E-state index contributed by atoms with van der Waals surface area (Å²) in [5.41, 5.74) is 4.49. The Bertz CT molecular complexity index is 1130. The Labute approximate surface area is 161 Å². The summed E-state index contributed by atoms with van der Waals surface area (Å²) in [6.07, 6.45) is 3.06. The summed E-state index contributed by atoms with van der Waals surface area (Å²) in [6, 6.07) is 11.1. The van der Waals surface area contributed by atoms with Crippen molar-refractivity contribution in [2.24, 2.45) is 0 Å². The number of nitrogens with one attached hydrogen (secondary N) is 1. The Morgan fingerprint density at radius 3 is 2.43 bits per heavy atom. The molecule has 8 heteroatoms. The van der Waals surface area contributed by atoms with Gasteiger partial charge < -0.3 is 9.84 Å². The largest absolute Gasteiger partial charge is 0.355 e. The zero-order chi connectivity index (χ0) is 19.7. The fourth-order valence-corrected chi connectivity index (χ4v) is 2.73. The van der Waals surface area contributed by atoms with E-state index < -0.39 is 5.91 Å². The normalized spacial score (nSPS) is 10.8. The molecule has 0 spiro atoms. The maximum atomic E-state index is 12.4. The summed E-state index contributed by atoms with van der Waals surface area (Å²) in [4.78, 5) is 21.0. The second-order valence-corrected chi connectivity index (χ2v) is 6.38. The van der Waals surface area contributed by atoms with Gasteiger partial charge in [0.15, 0.2) is 11.5 Å². The molecule has 8 nitrogen and oxygen atoms in total. The van der Waals surface area contributed by atoms with Gasteiger partial charge in [-0.05, 0) is 26.3 Å². The van der Waals surface area contributed by atoms with Crippen LogP contribution < -0.4 is 5.32 Å². The van der Waals surface area contributed by atoms with Crippen molar-refractivity contribution in [2.75, 3.05) is 5.32 Å². The lowest BCUT2D eigenvalue weighted by Crippen LogP contribution is -2.13. The van der Waals surface area contributed by atoms with Gasteiger partial charge in [0.25, 0.3) is 11.9 Å². The monoisotopic (exact) mass is 374 g/mol. The van der Waals surface area contributed by atoms with Crippen molar-refractivity contribution < 1.29 is 9.32 Å². The van der Waals surface area contributed by atoms with Crippen molar-refractivity contribution in [2.45, 2.75) is 20.8 Å². The molecule has 4 rings (SSSR count). The van der Waals surface area contributed by atoms with Crippen molar-refractivity contribution >= 4 is 11.6 Å². The van der Waals surface area contributed by atoms with E-state index in [1.807, 2.05) is 51.1 Å². The molecule has 0 unspecified atom stereocenters. The van der Waals surface area contributed by atoms with Gasteiger partial charge in [0.05, 0.1) is 23.8 Å². The molecule has 1 N–H and O–H groups in total. The number of carbonyl (C=O) groups is 1. The standard InChI is InChI=1S/C20H18N6O2/c1-12-13(2)24-26(14(12)3)20-21-10-16(11-22-20)23-19(27)17-9-18(28-25-17)15-7-5-4-6-8-15/h4-11H,1-3H3,(H,23,27). The number of benzene rings is 1. The van der Waals surface area contributed by atoms with E-state index >= 15 is 0 Å². The van der Waals surface area contributed by atoms with Gasteiger partial charge in [-0.15, -0.1) is 0 Å². The molecular formula is C20H18N6O2. The predicted molar refractivity (Wildman–Crippen MR) is 103 cm³/mol. The lowest BCUT2D eigenvalue weighted by Gasteiger charge is -2.05. The number of hydrogen-bond acceptors (Lipinski definition) is 6. The molecule has 140 valence electrons. The van der Waals surface area contributed by atoms with Crippen molar-refractivity contribution in [3.63, 3.8) is 0 Å². The number of carbonyl (C=O) groups excluding carboxylic acids is 1. The Kier molecular flexibility index (Phi) is 4.44. The highest BCUT2D eigenvalue weighted by Crippen LogP contribution is 2.20. The smallest absolute Gasteiger partial charge is 0.277 e. The van der Waals surface area contributed by atoms with E-state index in [1.165, 1.54) is 12.4 Å². The van der Waals surface area contributed by atoms with Crippen LogP contribution in [0.25, 0.3) is 17.3 Å². The molecule has 0 saturated carbocycles. The summed E-state index contributed by atoms with van der Waals surface area (Å²) in [6.45, 7) is 5.91. The fourth-order valence-electron chi connectivity index (χ4n) is 2.73. The molecule has 0 atom stereocenters. The van der Waals surface area contributed by atoms with Gasteiger partial charge in [0.2, 0.25) is 0 Å². The van der Waals surface area contributed by atoms with E-state index in [1.54, 1.807) is 10.7 Å². The van der Waals surface area contributed by atoms with Crippen LogP contribution in [0.1, 0.15) is 27.4 Å². The van der Waals surface area contributed by atoms with Gasteiger partial charge in [-0.3, -0.25) is 4.79 Å². The van der Waals surface area contributed by atoms with Gasteiger partial charge >= 0.3 is 0 Å². The Morgan fingerprint density at radius 1 is 1.07 bits per heavy atom. The van der Waals surface area contributed by atoms with Gasteiger partial charge in [-0.25, -0.2) is 14.6 Å². The quantitative estimate of drug-likeness (QED) is 0.587. The third-order valence-electron chi connectivity index (χ3n) is 4.54. The average Bonchev–Trinajstić information content (AvgIpc) is 3.31. The molecule has 0 fully saturated rings. The number of hydrogen-bond donors (Lipinski definition) is 1. The number of aryl methyl sites for hydroxylation is 1. The van der Waals surface area contributed by atoms with Crippen LogP contribution in [0.15, 0.2) is 53.3 Å². The van der Waals surface area contributed by atoms with Crippen LogP contribution in [0.4, 0.5) is 5.69 Å². The fraction of sp³-hybridized carbons (Fsp3) is 0.150. The maximum absolute atomic E-state index is 12.4. The third-order valence-corrected chi connectivity index (χ3v) is 4.54. The molecule has 1 amide bonds. The second-order valence-electron chi connectivity index (χ2n) is 6.38. The Hall–Kier alpha value is -3.81. The highest BCUT2D eigenvalue weighted by Gasteiger charge is 2.15. The summed E-state index contributed by atoms with van der Waals surface area (Å²) in [5.74, 6) is 0.570. The van der Waals surface area contributed by atoms with E-state index in [0.29, 0.717) is 17.4 Å². The molecular weight excluding hydrogens is 356 g/mol. The number of nitrogens with zero attached hydrogens (tertiary/aromatic N) is 5. The van der Waals surface area contributed by atoms with Crippen LogP contribution in [-0.4, -0.2) is 30.8 Å². The van der Waals surface area contributed by atoms with Crippen LogP contribution in [0.3, 0.4) is 0 Å². The second kappa shape index (κ2) is 7.07. The number of rotatable bonds is 4. The molecule has 0 aliphatic carbocycles. The summed E-state index contributed by atoms with van der Waals surface area (Å²) >= 11 is 0. The molecule has 0 saturated heterocycles. The molecule has 3 aromatic heterocycles. The molecule has 0 bridgehead atoms. The van der Waals surface area contributed by atoms with Crippen molar-refractivity contribution in [3.05, 3.63) is 71.4 Å². The van der Waals surface area contributed by atoms with Crippen molar-refractivity contribution in [1.29, 1.82) is 0 Å². The van der Waals surface area contributed by atoms with E-state index in [4.69, 9.17) is 4.52 Å². The lowest BCUT2D eigenvalue weighted by atomic mass is 10.1. The highest BCUT2D eigenvalue weighted by molar-refractivity contribution is 6.03. The molecule has 28 heavy (non-hydrogen) atoms. The van der Waals surface area contributed by atoms with Crippen molar-refractivity contribution in [1.82, 2.24) is 24.9 Å². The zero-order valence-corrected chi connectivity index (χ0v) is 15.7. The number of aromatic nitrogens is 5. The zero-order valence-electron chi connectivity index (χ0n) is 15.7. The van der Waals surface area contributed by atoms with Gasteiger partial charge in [-0.2, -0.15) is 5.10 Å². The Morgan fingerprint density at radius 2 is 1.79 bits per heavy atom. The summed E-state index contributed by atoms with van der Waals surface area (Å²) < 4.78 is 6.94. The van der Waals surface area contributed by atoms with Gasteiger partial charge in [0, 0.05) is 17.3 Å². The minimum atomic E-state index is -0.399. The first-order valence-corrected chi connectivity index (χ1v) is 8.71. The molecule has 1 aromatic carbocycles. The van der Waals surface area contributed by atoms with E-state index in [2.05, 4.69) is 25.5 Å². The van der Waals surface area contributed by atoms with Crippen LogP contribution >= 0.6 is 0 Å².